The van der Waals surface area contributed by atoms with E-state index in [4.69, 9.17) is 0 Å². The van der Waals surface area contributed by atoms with Crippen LogP contribution in [-0.4, -0.2) is 9.97 Å². The third-order valence-corrected chi connectivity index (χ3v) is 2.33. The van der Waals surface area contributed by atoms with Crippen LogP contribution in [0, 0.1) is 6.92 Å². The minimum Gasteiger partial charge on any atom is -0.360 e. The molecular weight excluding hydrogens is 164 g/mol. The summed E-state index contributed by atoms with van der Waals surface area (Å²) in [7, 11) is 0. The lowest BCUT2D eigenvalue weighted by Crippen LogP contribution is -2.08. The lowest BCUT2D eigenvalue weighted by atomic mass is 10.2. The number of rotatable bonds is 1. The Hall–Kier alpha value is -1.51. The minimum absolute atomic E-state index is 0.00167. The van der Waals surface area contributed by atoms with Crippen molar-refractivity contribution in [2.45, 2.75) is 20.3 Å². The molecule has 0 spiro atoms. The van der Waals surface area contributed by atoms with E-state index in [0.717, 1.165) is 28.6 Å². The molecule has 0 aliphatic heterocycles. The second-order valence-corrected chi connectivity index (χ2v) is 3.24. The fourth-order valence-electron chi connectivity index (χ4n) is 1.52. The van der Waals surface area contributed by atoms with Gasteiger partial charge in [0.25, 0.3) is 5.56 Å². The molecule has 13 heavy (non-hydrogen) atoms. The largest absolute Gasteiger partial charge is 0.360 e. The van der Waals surface area contributed by atoms with Crippen molar-refractivity contribution >= 4 is 11.0 Å². The van der Waals surface area contributed by atoms with Crippen LogP contribution < -0.4 is 5.56 Å². The molecule has 0 saturated heterocycles. The molecule has 2 aromatic rings. The van der Waals surface area contributed by atoms with Gasteiger partial charge in [-0.1, -0.05) is 6.92 Å². The second-order valence-electron chi connectivity index (χ2n) is 3.24. The van der Waals surface area contributed by atoms with E-state index in [1.54, 1.807) is 0 Å². The summed E-state index contributed by atoms with van der Waals surface area (Å²) in [5, 5.41) is 0. The van der Waals surface area contributed by atoms with Crippen LogP contribution >= 0.6 is 0 Å². The summed E-state index contributed by atoms with van der Waals surface area (Å²) in [6, 6.07) is 1.88. The summed E-state index contributed by atoms with van der Waals surface area (Å²) in [4.78, 5) is 17.3. The number of hydrogen-bond acceptors (Lipinski definition) is 1. The van der Waals surface area contributed by atoms with Crippen molar-refractivity contribution in [2.24, 2.45) is 0 Å². The smallest absolute Gasteiger partial charge is 0.251 e. The lowest BCUT2D eigenvalue weighted by Gasteiger charge is -1.95. The lowest BCUT2D eigenvalue weighted by molar-refractivity contribution is 1.14. The average Bonchev–Trinajstić information content (AvgIpc) is 2.48. The van der Waals surface area contributed by atoms with Crippen molar-refractivity contribution in [1.29, 1.82) is 0 Å². The van der Waals surface area contributed by atoms with Crippen LogP contribution in [0.2, 0.25) is 0 Å². The zero-order chi connectivity index (χ0) is 9.42. The molecular formula is C10H12N2O. The Morgan fingerprint density at radius 2 is 2.23 bits per heavy atom. The van der Waals surface area contributed by atoms with E-state index in [0.29, 0.717) is 0 Å². The molecule has 2 rings (SSSR count). The normalized spacial score (nSPS) is 10.9. The van der Waals surface area contributed by atoms with Gasteiger partial charge in [-0.2, -0.15) is 0 Å². The molecule has 2 aromatic heterocycles. The Morgan fingerprint density at radius 1 is 1.46 bits per heavy atom. The fraction of sp³-hybridized carbons (Fsp3) is 0.300. The van der Waals surface area contributed by atoms with Crippen LogP contribution in [-0.2, 0) is 6.42 Å². The maximum absolute atomic E-state index is 11.3. The van der Waals surface area contributed by atoms with Gasteiger partial charge in [0.05, 0.1) is 11.0 Å². The molecule has 0 bridgehead atoms. The topological polar surface area (TPSA) is 48.6 Å². The summed E-state index contributed by atoms with van der Waals surface area (Å²) in [6.07, 6.45) is 2.87. The number of aromatic amines is 2. The van der Waals surface area contributed by atoms with Gasteiger partial charge in [-0.25, -0.2) is 0 Å². The van der Waals surface area contributed by atoms with Crippen molar-refractivity contribution in [3.8, 4) is 0 Å². The van der Waals surface area contributed by atoms with Crippen LogP contribution in [0.1, 0.15) is 18.1 Å². The first kappa shape index (κ1) is 8.10. The Kier molecular flexibility index (Phi) is 1.72. The highest BCUT2D eigenvalue weighted by molar-refractivity contribution is 5.79. The summed E-state index contributed by atoms with van der Waals surface area (Å²) in [5.74, 6) is 0. The quantitative estimate of drug-likeness (QED) is 0.683. The van der Waals surface area contributed by atoms with Gasteiger partial charge < -0.3 is 9.97 Å². The molecule has 0 fully saturated rings. The molecule has 0 saturated carbocycles. The predicted molar refractivity (Wildman–Crippen MR) is 53.0 cm³/mol. The molecule has 0 unspecified atom stereocenters. The molecule has 0 aromatic carbocycles. The van der Waals surface area contributed by atoms with Crippen LogP contribution in [0.3, 0.4) is 0 Å². The number of H-pyrrole nitrogens is 2. The summed E-state index contributed by atoms with van der Waals surface area (Å²) >= 11 is 0. The van der Waals surface area contributed by atoms with Crippen molar-refractivity contribution in [1.82, 2.24) is 9.97 Å². The molecule has 2 heterocycles. The first-order valence-electron chi connectivity index (χ1n) is 4.42. The second kappa shape index (κ2) is 2.76. The Morgan fingerprint density at radius 3 is 2.92 bits per heavy atom. The van der Waals surface area contributed by atoms with Crippen LogP contribution in [0.15, 0.2) is 17.1 Å². The SMILES string of the molecule is CCc1c[nH]c2cc(C)c(=O)[nH]c12. The van der Waals surface area contributed by atoms with Crippen LogP contribution in [0.25, 0.3) is 11.0 Å². The van der Waals surface area contributed by atoms with Crippen LogP contribution in [0.4, 0.5) is 0 Å². The van der Waals surface area contributed by atoms with Crippen molar-refractivity contribution < 1.29 is 0 Å². The first-order valence-corrected chi connectivity index (χ1v) is 4.42. The van der Waals surface area contributed by atoms with E-state index in [9.17, 15) is 4.79 Å². The van der Waals surface area contributed by atoms with Gasteiger partial charge in [-0.05, 0) is 25.0 Å². The third-order valence-electron chi connectivity index (χ3n) is 2.33. The third kappa shape index (κ3) is 1.16. The molecule has 0 atom stereocenters. The number of pyridine rings is 1. The van der Waals surface area contributed by atoms with Gasteiger partial charge in [-0.3, -0.25) is 4.79 Å². The highest BCUT2D eigenvalue weighted by Crippen LogP contribution is 2.14. The fourth-order valence-corrected chi connectivity index (χ4v) is 1.52. The summed E-state index contributed by atoms with van der Waals surface area (Å²) in [5.41, 5.74) is 3.86. The van der Waals surface area contributed by atoms with Crippen LogP contribution in [0.5, 0.6) is 0 Å². The number of aromatic nitrogens is 2. The summed E-state index contributed by atoms with van der Waals surface area (Å²) in [6.45, 7) is 3.88. The van der Waals surface area contributed by atoms with Crippen molar-refractivity contribution in [3.63, 3.8) is 0 Å². The van der Waals surface area contributed by atoms with E-state index in [1.165, 1.54) is 0 Å². The maximum Gasteiger partial charge on any atom is 0.251 e. The number of nitrogens with one attached hydrogen (secondary N) is 2. The Labute approximate surface area is 75.8 Å². The average molecular weight is 176 g/mol. The van der Waals surface area contributed by atoms with Gasteiger partial charge in [0.15, 0.2) is 0 Å². The monoisotopic (exact) mass is 176 g/mol. The van der Waals surface area contributed by atoms with E-state index in [2.05, 4.69) is 16.9 Å². The van der Waals surface area contributed by atoms with Crippen molar-refractivity contribution in [2.75, 3.05) is 0 Å². The Balaban J connectivity index is 2.84. The maximum atomic E-state index is 11.3. The van der Waals surface area contributed by atoms with E-state index in [1.807, 2.05) is 19.2 Å². The van der Waals surface area contributed by atoms with Gasteiger partial charge >= 0.3 is 0 Å². The molecule has 0 aliphatic carbocycles. The minimum atomic E-state index is 0.00167. The van der Waals surface area contributed by atoms with E-state index >= 15 is 0 Å². The molecule has 68 valence electrons. The molecule has 0 radical (unpaired) electrons. The molecule has 0 amide bonds. The van der Waals surface area contributed by atoms with Gasteiger partial charge in [0, 0.05) is 11.8 Å². The van der Waals surface area contributed by atoms with E-state index in [-0.39, 0.29) is 5.56 Å². The number of aryl methyl sites for hydroxylation is 2. The molecule has 3 heteroatoms. The molecule has 0 aliphatic rings. The zero-order valence-electron chi connectivity index (χ0n) is 7.77. The Bertz CT molecular complexity index is 493. The van der Waals surface area contributed by atoms with Gasteiger partial charge in [-0.15, -0.1) is 0 Å². The standard InChI is InChI=1S/C10H12N2O/c1-3-7-5-11-8-4-6(2)10(13)12-9(7)8/h4-5,11H,3H2,1-2H3,(H,12,13). The van der Waals surface area contributed by atoms with Crippen molar-refractivity contribution in [3.05, 3.63) is 33.7 Å². The molecule has 2 N–H and O–H groups in total. The van der Waals surface area contributed by atoms with E-state index < -0.39 is 0 Å². The molecule has 3 nitrogen and oxygen atoms in total. The highest BCUT2D eigenvalue weighted by Gasteiger charge is 2.03. The van der Waals surface area contributed by atoms with Gasteiger partial charge in [0.2, 0.25) is 0 Å². The number of hydrogen-bond donors (Lipinski definition) is 2. The summed E-state index contributed by atoms with van der Waals surface area (Å²) < 4.78 is 0. The van der Waals surface area contributed by atoms with Gasteiger partial charge in [0.1, 0.15) is 0 Å². The zero-order valence-corrected chi connectivity index (χ0v) is 7.77. The highest BCUT2D eigenvalue weighted by atomic mass is 16.1. The number of fused-ring (bicyclic) bond motifs is 1. The predicted octanol–water partition coefficient (Wildman–Crippen LogP) is 1.73. The first-order chi connectivity index (χ1) is 6.22.